The molecular formula is C28H30Cl2N4O3. The molecule has 0 radical (unpaired) electrons. The average Bonchev–Trinajstić information content (AvgIpc) is 2.89. The molecule has 2 aromatic carbocycles. The number of aromatic amines is 1. The smallest absolute Gasteiger partial charge is 0.255 e. The first kappa shape index (κ1) is 25.6. The van der Waals surface area contributed by atoms with Gasteiger partial charge in [-0.15, -0.1) is 0 Å². The maximum Gasteiger partial charge on any atom is 0.255 e. The average molecular weight is 541 g/mol. The Kier molecular flexibility index (Phi) is 7.19. The summed E-state index contributed by atoms with van der Waals surface area (Å²) in [4.78, 5) is 46.5. The Morgan fingerprint density at radius 1 is 1.00 bits per heavy atom. The van der Waals surface area contributed by atoms with E-state index in [1.54, 1.807) is 35.2 Å². The van der Waals surface area contributed by atoms with Crippen molar-refractivity contribution < 1.29 is 9.59 Å². The molecule has 2 aliphatic rings. The first-order chi connectivity index (χ1) is 17.8. The van der Waals surface area contributed by atoms with E-state index in [2.05, 4.69) is 9.88 Å². The van der Waals surface area contributed by atoms with Gasteiger partial charge in [0.1, 0.15) is 5.54 Å². The summed E-state index contributed by atoms with van der Waals surface area (Å²) in [5.74, 6) is -0.614. The molecule has 1 saturated heterocycles. The van der Waals surface area contributed by atoms with E-state index in [-0.39, 0.29) is 36.0 Å². The maximum absolute atomic E-state index is 14.2. The number of nitrogens with two attached hydrogens (primary N) is 1. The number of H-pyrrole nitrogens is 1. The van der Waals surface area contributed by atoms with Gasteiger partial charge in [-0.25, -0.2) is 0 Å². The highest BCUT2D eigenvalue weighted by atomic mass is 35.5. The van der Waals surface area contributed by atoms with Crippen molar-refractivity contribution in [2.24, 2.45) is 11.7 Å². The summed E-state index contributed by atoms with van der Waals surface area (Å²) >= 11 is 12.4. The maximum atomic E-state index is 14.2. The zero-order valence-corrected chi connectivity index (χ0v) is 22.0. The van der Waals surface area contributed by atoms with Crippen LogP contribution in [0.2, 0.25) is 10.0 Å². The number of piperazine rings is 1. The predicted octanol–water partition coefficient (Wildman–Crippen LogP) is 4.99. The summed E-state index contributed by atoms with van der Waals surface area (Å²) in [6, 6.07) is 13.9. The van der Waals surface area contributed by atoms with Gasteiger partial charge in [-0.3, -0.25) is 14.4 Å². The lowest BCUT2D eigenvalue weighted by atomic mass is 9.76. The fourth-order valence-corrected chi connectivity index (χ4v) is 6.29. The first-order valence-electron chi connectivity index (χ1n) is 12.7. The second kappa shape index (κ2) is 10.4. The molecule has 1 aliphatic heterocycles. The molecule has 9 heteroatoms. The van der Waals surface area contributed by atoms with E-state index in [0.717, 1.165) is 31.4 Å². The van der Waals surface area contributed by atoms with Crippen LogP contribution in [0.5, 0.6) is 0 Å². The first-order valence-corrected chi connectivity index (χ1v) is 13.5. The molecule has 3 aromatic rings. The van der Waals surface area contributed by atoms with Crippen LogP contribution in [0, 0.1) is 5.92 Å². The molecule has 2 amide bonds. The van der Waals surface area contributed by atoms with Crippen LogP contribution in [0.1, 0.15) is 48.9 Å². The van der Waals surface area contributed by atoms with Gasteiger partial charge in [0.2, 0.25) is 11.5 Å². The lowest BCUT2D eigenvalue weighted by molar-refractivity contribution is -0.130. The van der Waals surface area contributed by atoms with Crippen LogP contribution in [0.15, 0.2) is 53.3 Å². The molecule has 37 heavy (non-hydrogen) atoms. The number of pyridine rings is 1. The normalized spacial score (nSPS) is 20.8. The quantitative estimate of drug-likeness (QED) is 0.475. The number of nitrogens with zero attached hydrogens (tertiary/aromatic N) is 2. The molecular weight excluding hydrogens is 511 g/mol. The van der Waals surface area contributed by atoms with Gasteiger partial charge in [-0.05, 0) is 36.6 Å². The molecule has 1 aliphatic carbocycles. The number of nitrogens with one attached hydrogen (secondary N) is 1. The van der Waals surface area contributed by atoms with Crippen molar-refractivity contribution in [3.63, 3.8) is 0 Å². The number of hydrogen-bond donors (Lipinski definition) is 2. The fourth-order valence-electron chi connectivity index (χ4n) is 6.00. The van der Waals surface area contributed by atoms with Gasteiger partial charge in [0.25, 0.3) is 5.91 Å². The number of carbonyl (C=O) groups excluding carboxylic acids is 2. The number of aromatic nitrogens is 1. The summed E-state index contributed by atoms with van der Waals surface area (Å²) < 4.78 is 0. The zero-order valence-electron chi connectivity index (χ0n) is 20.5. The van der Waals surface area contributed by atoms with Gasteiger partial charge < -0.3 is 20.5 Å². The van der Waals surface area contributed by atoms with Crippen LogP contribution >= 0.6 is 23.2 Å². The van der Waals surface area contributed by atoms with Gasteiger partial charge in [-0.2, -0.15) is 0 Å². The molecule has 194 valence electrons. The molecule has 0 bridgehead atoms. The Morgan fingerprint density at radius 3 is 2.49 bits per heavy atom. The highest BCUT2D eigenvalue weighted by molar-refractivity contribution is 6.42. The molecule has 7 nitrogen and oxygen atoms in total. The van der Waals surface area contributed by atoms with Crippen molar-refractivity contribution in [2.75, 3.05) is 24.5 Å². The van der Waals surface area contributed by atoms with E-state index in [1.165, 1.54) is 12.5 Å². The third-order valence-corrected chi connectivity index (χ3v) is 8.61. The molecule has 1 atom stereocenters. The van der Waals surface area contributed by atoms with E-state index in [9.17, 15) is 14.4 Å². The highest BCUT2D eigenvalue weighted by Crippen LogP contribution is 2.38. The van der Waals surface area contributed by atoms with Gasteiger partial charge in [-0.1, -0.05) is 73.5 Å². The molecule has 1 unspecified atom stereocenters. The molecule has 0 spiro atoms. The number of benzene rings is 2. The topological polar surface area (TPSA) is 99.5 Å². The lowest BCUT2D eigenvalue weighted by Gasteiger charge is -2.51. The van der Waals surface area contributed by atoms with Crippen molar-refractivity contribution >= 4 is 51.6 Å². The zero-order chi connectivity index (χ0) is 26.2. The minimum absolute atomic E-state index is 0.240. The molecule has 2 heterocycles. The standard InChI is InChI=1S/C28H30Cl2N4O3/c29-22-11-10-19(14-23(22)30)33-12-13-34(28(17-33,27(31)37)16-18-6-2-1-3-7-18)26(36)21-15-25(35)32-24-9-5-4-8-20(21)24/h4-5,8-11,14-15,18H,1-3,6-7,12-13,16-17H2,(H2,31,37)(H,32,35). The Labute approximate surface area is 225 Å². The van der Waals surface area contributed by atoms with E-state index >= 15 is 0 Å². The van der Waals surface area contributed by atoms with Crippen LogP contribution in [0.3, 0.4) is 0 Å². The second-order valence-corrected chi connectivity index (χ2v) is 11.0. The number of fused-ring (bicyclic) bond motifs is 1. The Bertz CT molecular complexity index is 1400. The number of halogens is 2. The molecule has 1 aromatic heterocycles. The number of primary amides is 1. The number of hydrogen-bond acceptors (Lipinski definition) is 4. The third-order valence-electron chi connectivity index (χ3n) is 7.87. The van der Waals surface area contributed by atoms with Crippen molar-refractivity contribution in [1.29, 1.82) is 0 Å². The Morgan fingerprint density at radius 2 is 1.76 bits per heavy atom. The third kappa shape index (κ3) is 4.94. The monoisotopic (exact) mass is 540 g/mol. The molecule has 1 saturated carbocycles. The Balaban J connectivity index is 1.58. The highest BCUT2D eigenvalue weighted by Gasteiger charge is 2.50. The summed E-state index contributed by atoms with van der Waals surface area (Å²) in [5, 5.41) is 1.50. The fraction of sp³-hybridized carbons (Fsp3) is 0.393. The largest absolute Gasteiger partial charge is 0.368 e. The minimum Gasteiger partial charge on any atom is -0.368 e. The van der Waals surface area contributed by atoms with E-state index < -0.39 is 11.4 Å². The number of anilines is 1. The molecule has 5 rings (SSSR count). The summed E-state index contributed by atoms with van der Waals surface area (Å²) in [7, 11) is 0. The van der Waals surface area contributed by atoms with E-state index in [0.29, 0.717) is 33.9 Å². The van der Waals surface area contributed by atoms with Crippen molar-refractivity contribution in [3.8, 4) is 0 Å². The number of amides is 2. The van der Waals surface area contributed by atoms with E-state index in [4.69, 9.17) is 28.9 Å². The molecule has 3 N–H and O–H groups in total. The predicted molar refractivity (Wildman–Crippen MR) is 147 cm³/mol. The number of carbonyl (C=O) groups is 2. The molecule has 2 fully saturated rings. The van der Waals surface area contributed by atoms with Crippen LogP contribution in [0.4, 0.5) is 5.69 Å². The van der Waals surface area contributed by atoms with Gasteiger partial charge in [0.15, 0.2) is 0 Å². The number of para-hydroxylation sites is 1. The van der Waals surface area contributed by atoms with Gasteiger partial charge in [0, 0.05) is 35.7 Å². The lowest BCUT2D eigenvalue weighted by Crippen LogP contribution is -2.70. The van der Waals surface area contributed by atoms with Crippen LogP contribution in [0.25, 0.3) is 10.9 Å². The second-order valence-electron chi connectivity index (χ2n) is 10.2. The Hall–Kier alpha value is -3.03. The van der Waals surface area contributed by atoms with Gasteiger partial charge in [0.05, 0.1) is 22.2 Å². The van der Waals surface area contributed by atoms with Crippen molar-refractivity contribution in [1.82, 2.24) is 9.88 Å². The summed E-state index contributed by atoms with van der Waals surface area (Å²) in [6.07, 6.45) is 5.85. The summed E-state index contributed by atoms with van der Waals surface area (Å²) in [6.45, 7) is 0.990. The number of rotatable bonds is 5. The van der Waals surface area contributed by atoms with Crippen LogP contribution in [-0.4, -0.2) is 46.9 Å². The van der Waals surface area contributed by atoms with Crippen LogP contribution in [-0.2, 0) is 4.79 Å². The van der Waals surface area contributed by atoms with Crippen molar-refractivity contribution in [3.05, 3.63) is 74.5 Å². The van der Waals surface area contributed by atoms with Crippen LogP contribution < -0.4 is 16.2 Å². The van der Waals surface area contributed by atoms with E-state index in [1.807, 2.05) is 12.1 Å². The SMILES string of the molecule is NC(=O)C1(CC2CCCCC2)CN(c2ccc(Cl)c(Cl)c2)CCN1C(=O)c1cc(=O)[nH]c2ccccc12. The van der Waals surface area contributed by atoms with Crippen molar-refractivity contribution in [2.45, 2.75) is 44.1 Å². The van der Waals surface area contributed by atoms with Gasteiger partial charge >= 0.3 is 0 Å². The minimum atomic E-state index is -1.24. The summed E-state index contributed by atoms with van der Waals surface area (Å²) in [5.41, 5.74) is 6.24.